The van der Waals surface area contributed by atoms with Crippen molar-refractivity contribution in [3.8, 4) is 5.75 Å². The van der Waals surface area contributed by atoms with Gasteiger partial charge in [-0.05, 0) is 64.9 Å². The number of fused-ring (bicyclic) bond motifs is 2. The van der Waals surface area contributed by atoms with E-state index in [0.29, 0.717) is 29.2 Å². The number of carbonyl (C=O) groups is 1. The van der Waals surface area contributed by atoms with Crippen molar-refractivity contribution in [3.63, 3.8) is 0 Å². The van der Waals surface area contributed by atoms with Gasteiger partial charge in [0.2, 0.25) is 0 Å². The average molecular weight is 450 g/mol. The van der Waals surface area contributed by atoms with Gasteiger partial charge in [-0.25, -0.2) is 0 Å². The van der Waals surface area contributed by atoms with Crippen LogP contribution in [0.15, 0.2) is 84.9 Å². The largest absolute Gasteiger partial charge is 0.508 e. The summed E-state index contributed by atoms with van der Waals surface area (Å²) < 4.78 is 1.88. The molecule has 168 valence electrons. The van der Waals surface area contributed by atoms with E-state index in [1.54, 1.807) is 42.5 Å². The van der Waals surface area contributed by atoms with Crippen LogP contribution in [0.25, 0.3) is 21.7 Å². The molecule has 7 nitrogen and oxygen atoms in total. The maximum atomic E-state index is 13.3. The van der Waals surface area contributed by atoms with Crippen LogP contribution in [0.3, 0.4) is 0 Å². The Balaban J connectivity index is 1.65. The molecule has 0 atom stereocenters. The minimum atomic E-state index is -0.283. The molecule has 1 amide bonds. The van der Waals surface area contributed by atoms with Crippen molar-refractivity contribution < 1.29 is 9.90 Å². The number of nitrogens with one attached hydrogen (secondary N) is 2. The lowest BCUT2D eigenvalue weighted by atomic mass is 10.0. The first kappa shape index (κ1) is 21.1. The Morgan fingerprint density at radius 3 is 2.47 bits per heavy atom. The predicted molar refractivity (Wildman–Crippen MR) is 136 cm³/mol. The van der Waals surface area contributed by atoms with Gasteiger partial charge in [0.05, 0.1) is 0 Å². The molecule has 0 radical (unpaired) electrons. The molecular weight excluding hydrogens is 426 g/mol. The van der Waals surface area contributed by atoms with Crippen LogP contribution in [-0.2, 0) is 6.54 Å². The van der Waals surface area contributed by atoms with Crippen molar-refractivity contribution in [1.29, 1.82) is 5.41 Å². The van der Waals surface area contributed by atoms with Crippen LogP contribution >= 0.6 is 0 Å². The molecule has 1 aromatic heterocycles. The highest BCUT2D eigenvalue weighted by Crippen LogP contribution is 2.29. The number of anilines is 2. The fourth-order valence-corrected chi connectivity index (χ4v) is 4.22. The van der Waals surface area contributed by atoms with Crippen molar-refractivity contribution in [2.75, 3.05) is 11.1 Å². The average Bonchev–Trinajstić information content (AvgIpc) is 3.18. The minimum Gasteiger partial charge on any atom is -0.508 e. The van der Waals surface area contributed by atoms with Gasteiger partial charge in [-0.3, -0.25) is 10.2 Å². The smallest absolute Gasteiger partial charge is 0.272 e. The van der Waals surface area contributed by atoms with Crippen LogP contribution in [0.1, 0.15) is 21.6 Å². The SMILES string of the molecule is N=C(N)c1ccc2cc(C(=O)Nc3ccc(N)cc3)n(Cc3cc(O)cc4ccccc34)c2c1. The molecule has 5 aromatic rings. The summed E-state index contributed by atoms with van der Waals surface area (Å²) in [5.74, 6) is -0.178. The van der Waals surface area contributed by atoms with E-state index in [2.05, 4.69) is 5.32 Å². The Bertz CT molecular complexity index is 1570. The third kappa shape index (κ3) is 3.91. The molecule has 0 aliphatic rings. The lowest BCUT2D eigenvalue weighted by molar-refractivity contribution is 0.101. The normalized spacial score (nSPS) is 11.1. The highest BCUT2D eigenvalue weighted by Gasteiger charge is 2.18. The van der Waals surface area contributed by atoms with Crippen molar-refractivity contribution in [2.45, 2.75) is 6.54 Å². The number of aromatic nitrogens is 1. The topological polar surface area (TPSA) is 130 Å². The molecule has 0 aliphatic heterocycles. The van der Waals surface area contributed by atoms with E-state index in [9.17, 15) is 9.90 Å². The lowest BCUT2D eigenvalue weighted by Crippen LogP contribution is -2.18. The highest BCUT2D eigenvalue weighted by molar-refractivity contribution is 6.07. The molecule has 0 unspecified atom stereocenters. The monoisotopic (exact) mass is 449 g/mol. The Morgan fingerprint density at radius 1 is 0.941 bits per heavy atom. The molecule has 1 heterocycles. The summed E-state index contributed by atoms with van der Waals surface area (Å²) in [5, 5.41) is 23.8. The summed E-state index contributed by atoms with van der Waals surface area (Å²) in [4.78, 5) is 13.3. The Morgan fingerprint density at radius 2 is 1.71 bits per heavy atom. The van der Waals surface area contributed by atoms with Crippen LogP contribution in [0, 0.1) is 5.41 Å². The van der Waals surface area contributed by atoms with Crippen LogP contribution in [0.2, 0.25) is 0 Å². The summed E-state index contributed by atoms with van der Waals surface area (Å²) in [5.41, 5.74) is 15.4. The number of phenols is 1. The van der Waals surface area contributed by atoms with E-state index in [1.807, 2.05) is 47.0 Å². The van der Waals surface area contributed by atoms with Gasteiger partial charge in [0, 0.05) is 34.4 Å². The number of amidine groups is 1. The number of carbonyl (C=O) groups excluding carboxylic acids is 1. The molecule has 34 heavy (non-hydrogen) atoms. The third-order valence-electron chi connectivity index (χ3n) is 5.88. The van der Waals surface area contributed by atoms with Gasteiger partial charge in [-0.2, -0.15) is 0 Å². The zero-order valence-corrected chi connectivity index (χ0v) is 18.2. The lowest BCUT2D eigenvalue weighted by Gasteiger charge is -2.14. The Kier molecular flexibility index (Phi) is 5.14. The maximum Gasteiger partial charge on any atom is 0.272 e. The minimum absolute atomic E-state index is 0.0506. The molecule has 5 rings (SSSR count). The summed E-state index contributed by atoms with van der Waals surface area (Å²) in [7, 11) is 0. The first-order valence-corrected chi connectivity index (χ1v) is 10.7. The highest BCUT2D eigenvalue weighted by atomic mass is 16.3. The summed E-state index contributed by atoms with van der Waals surface area (Å²) >= 11 is 0. The summed E-state index contributed by atoms with van der Waals surface area (Å²) in [6, 6.07) is 25.4. The quantitative estimate of drug-likeness (QED) is 0.152. The van der Waals surface area contributed by atoms with E-state index in [0.717, 1.165) is 27.2 Å². The molecule has 7 heteroatoms. The van der Waals surface area contributed by atoms with Crippen LogP contribution in [0.5, 0.6) is 5.75 Å². The molecule has 0 saturated heterocycles. The molecular formula is C27H23N5O2. The number of amides is 1. The predicted octanol–water partition coefficient (Wildman–Crippen LogP) is 4.67. The van der Waals surface area contributed by atoms with Gasteiger partial charge in [-0.1, -0.05) is 36.4 Å². The van der Waals surface area contributed by atoms with Crippen molar-refractivity contribution in [3.05, 3.63) is 102 Å². The Hall–Kier alpha value is -4.78. The molecule has 7 N–H and O–H groups in total. The van der Waals surface area contributed by atoms with Gasteiger partial charge in [0.15, 0.2) is 0 Å². The zero-order chi connectivity index (χ0) is 23.8. The molecule has 0 bridgehead atoms. The molecule has 0 fully saturated rings. The molecule has 0 saturated carbocycles. The number of hydrogen-bond acceptors (Lipinski definition) is 4. The molecule has 0 aliphatic carbocycles. The van der Waals surface area contributed by atoms with E-state index in [1.165, 1.54) is 0 Å². The second-order valence-corrected chi connectivity index (χ2v) is 8.21. The van der Waals surface area contributed by atoms with E-state index < -0.39 is 0 Å². The van der Waals surface area contributed by atoms with Gasteiger partial charge < -0.3 is 26.5 Å². The zero-order valence-electron chi connectivity index (χ0n) is 18.2. The van der Waals surface area contributed by atoms with Gasteiger partial charge >= 0.3 is 0 Å². The van der Waals surface area contributed by atoms with E-state index in [4.69, 9.17) is 16.9 Å². The number of rotatable bonds is 5. The van der Waals surface area contributed by atoms with Crippen molar-refractivity contribution in [1.82, 2.24) is 4.57 Å². The fraction of sp³-hybridized carbons (Fsp3) is 0.0370. The van der Waals surface area contributed by atoms with Crippen molar-refractivity contribution in [2.24, 2.45) is 5.73 Å². The van der Waals surface area contributed by atoms with Crippen LogP contribution in [0.4, 0.5) is 11.4 Å². The van der Waals surface area contributed by atoms with Crippen LogP contribution < -0.4 is 16.8 Å². The standard InChI is InChI=1S/C27H23N5O2/c28-20-7-9-21(10-8-20)31-27(34)25-13-17-5-6-18(26(29)30)14-24(17)32(25)15-19-12-22(33)11-16-3-1-2-4-23(16)19/h1-14,33H,15,28H2,(H3,29,30)(H,31,34). The van der Waals surface area contributed by atoms with Gasteiger partial charge in [-0.15, -0.1) is 0 Å². The number of nitrogen functional groups attached to an aromatic ring is 2. The summed E-state index contributed by atoms with van der Waals surface area (Å²) in [6.45, 7) is 0.338. The molecule has 0 spiro atoms. The van der Waals surface area contributed by atoms with Gasteiger partial charge in [0.1, 0.15) is 17.3 Å². The first-order valence-electron chi connectivity index (χ1n) is 10.7. The van der Waals surface area contributed by atoms with Gasteiger partial charge in [0.25, 0.3) is 5.91 Å². The summed E-state index contributed by atoms with van der Waals surface area (Å²) in [6.07, 6.45) is 0. The fourth-order valence-electron chi connectivity index (χ4n) is 4.22. The number of hydrogen-bond donors (Lipinski definition) is 5. The van der Waals surface area contributed by atoms with Crippen LogP contribution in [-0.4, -0.2) is 21.4 Å². The number of phenolic OH excluding ortho intramolecular Hbond substituents is 1. The third-order valence-corrected chi connectivity index (χ3v) is 5.88. The number of nitrogens with two attached hydrogens (primary N) is 2. The Labute approximate surface area is 195 Å². The second-order valence-electron chi connectivity index (χ2n) is 8.21. The van der Waals surface area contributed by atoms with Crippen molar-refractivity contribution >= 4 is 44.8 Å². The first-order chi connectivity index (χ1) is 16.4. The van der Waals surface area contributed by atoms with E-state index >= 15 is 0 Å². The number of aromatic hydroxyl groups is 1. The second kappa shape index (κ2) is 8.29. The van der Waals surface area contributed by atoms with E-state index in [-0.39, 0.29) is 17.5 Å². The maximum absolute atomic E-state index is 13.3. The molecule has 4 aromatic carbocycles. The number of nitrogens with zero attached hydrogens (tertiary/aromatic N) is 1. The number of benzene rings is 4.